The number of amides is 3. The molecule has 2 aromatic carbocycles. The Hall–Kier alpha value is -3.35. The molecule has 0 radical (unpaired) electrons. The number of benzene rings is 2. The zero-order valence-corrected chi connectivity index (χ0v) is 18.2. The normalized spacial score (nSPS) is 15.0. The van der Waals surface area contributed by atoms with Gasteiger partial charge in [0.1, 0.15) is 6.04 Å². The number of nitrogens with zero attached hydrogens (tertiary/aromatic N) is 3. The van der Waals surface area contributed by atoms with E-state index in [9.17, 15) is 9.59 Å². The number of hydrogen-bond donors (Lipinski definition) is 2. The third-order valence-corrected chi connectivity index (χ3v) is 5.65. The molecule has 2 N–H and O–H groups in total. The predicted octanol–water partition coefficient (Wildman–Crippen LogP) is 3.86. The number of imidazole rings is 1. The highest BCUT2D eigenvalue weighted by Gasteiger charge is 2.31. The summed E-state index contributed by atoms with van der Waals surface area (Å²) in [4.78, 5) is 32.4. The van der Waals surface area contributed by atoms with Crippen molar-refractivity contribution in [3.8, 4) is 0 Å². The number of carbonyl (C=O) groups is 2. The largest absolute Gasteiger partial charge is 0.348 e. The number of urea groups is 1. The van der Waals surface area contributed by atoms with Crippen molar-refractivity contribution >= 4 is 28.9 Å². The second-order valence-corrected chi connectivity index (χ2v) is 8.48. The number of anilines is 1. The maximum atomic E-state index is 13.1. The van der Waals surface area contributed by atoms with Gasteiger partial charge in [-0.1, -0.05) is 56.3 Å². The van der Waals surface area contributed by atoms with Gasteiger partial charge in [0, 0.05) is 13.1 Å². The topological polar surface area (TPSA) is 79.3 Å². The average Bonchev–Trinajstić information content (AvgIpc) is 3.32. The van der Waals surface area contributed by atoms with E-state index in [0.717, 1.165) is 16.6 Å². The van der Waals surface area contributed by atoms with Crippen molar-refractivity contribution in [2.24, 2.45) is 5.92 Å². The van der Waals surface area contributed by atoms with E-state index in [0.29, 0.717) is 25.5 Å². The molecular weight excluding hydrogens is 390 g/mol. The molecule has 31 heavy (non-hydrogen) atoms. The van der Waals surface area contributed by atoms with Gasteiger partial charge in [-0.15, -0.1) is 0 Å². The van der Waals surface area contributed by atoms with Gasteiger partial charge in [-0.25, -0.2) is 9.78 Å². The van der Waals surface area contributed by atoms with Crippen LogP contribution in [-0.2, 0) is 11.3 Å². The number of aromatic nitrogens is 2. The van der Waals surface area contributed by atoms with E-state index < -0.39 is 6.04 Å². The van der Waals surface area contributed by atoms with Crippen molar-refractivity contribution < 1.29 is 9.59 Å². The Labute approximate surface area is 182 Å². The minimum atomic E-state index is -0.614. The van der Waals surface area contributed by atoms with Crippen molar-refractivity contribution in [1.29, 1.82) is 0 Å². The van der Waals surface area contributed by atoms with Crippen LogP contribution in [0.5, 0.6) is 0 Å². The summed E-state index contributed by atoms with van der Waals surface area (Å²) in [7, 11) is 0. The van der Waals surface area contributed by atoms with Crippen LogP contribution in [0.3, 0.4) is 0 Å². The first-order valence-corrected chi connectivity index (χ1v) is 10.8. The Kier molecular flexibility index (Phi) is 5.93. The maximum Gasteiger partial charge on any atom is 0.324 e. The highest BCUT2D eigenvalue weighted by Crippen LogP contribution is 2.27. The van der Waals surface area contributed by atoms with E-state index >= 15 is 0 Å². The fourth-order valence-corrected chi connectivity index (χ4v) is 4.05. The standard InChI is InChI=1S/C24H29N5O2/c1-16(2)15-20(22(30)25-17(3)18-9-5-4-6-10-18)27-24(31)29-14-13-28-21-12-8-7-11-19(21)26-23(28)29/h4-12,16-17,20H,13-15H2,1-3H3,(H,25,30)(H,27,31)/t17?,20-/m0/s1. The number of rotatable bonds is 6. The van der Waals surface area contributed by atoms with Crippen molar-refractivity contribution in [3.05, 3.63) is 60.2 Å². The quantitative estimate of drug-likeness (QED) is 0.637. The SMILES string of the molecule is CC(C)C[C@H](NC(=O)N1CCn2c1nc1ccccc12)C(=O)NC(C)c1ccccc1. The zero-order chi connectivity index (χ0) is 22.0. The summed E-state index contributed by atoms with van der Waals surface area (Å²) >= 11 is 0. The lowest BCUT2D eigenvalue weighted by Gasteiger charge is -2.25. The van der Waals surface area contributed by atoms with Gasteiger partial charge in [0.15, 0.2) is 0 Å². The fourth-order valence-electron chi connectivity index (χ4n) is 4.05. The Balaban J connectivity index is 1.48. The van der Waals surface area contributed by atoms with Gasteiger partial charge in [-0.3, -0.25) is 9.69 Å². The van der Waals surface area contributed by atoms with Crippen LogP contribution in [0.1, 0.15) is 38.8 Å². The molecule has 0 fully saturated rings. The second kappa shape index (κ2) is 8.79. The molecule has 1 aliphatic heterocycles. The van der Waals surface area contributed by atoms with Crippen LogP contribution < -0.4 is 15.5 Å². The first-order valence-electron chi connectivity index (χ1n) is 10.8. The van der Waals surface area contributed by atoms with E-state index in [1.54, 1.807) is 4.90 Å². The highest BCUT2D eigenvalue weighted by atomic mass is 16.2. The number of para-hydroxylation sites is 2. The van der Waals surface area contributed by atoms with Gasteiger partial charge in [0.2, 0.25) is 11.9 Å². The number of fused-ring (bicyclic) bond motifs is 3. The number of nitrogens with one attached hydrogen (secondary N) is 2. The minimum Gasteiger partial charge on any atom is -0.348 e. The van der Waals surface area contributed by atoms with Crippen LogP contribution >= 0.6 is 0 Å². The first-order chi connectivity index (χ1) is 14.9. The molecule has 162 valence electrons. The lowest BCUT2D eigenvalue weighted by molar-refractivity contribution is -0.123. The summed E-state index contributed by atoms with van der Waals surface area (Å²) in [6, 6.07) is 16.6. The molecule has 0 aliphatic carbocycles. The molecule has 2 heterocycles. The molecule has 2 atom stereocenters. The monoisotopic (exact) mass is 419 g/mol. The molecule has 0 saturated heterocycles. The van der Waals surface area contributed by atoms with Crippen molar-refractivity contribution in [3.63, 3.8) is 0 Å². The van der Waals surface area contributed by atoms with E-state index in [2.05, 4.69) is 15.6 Å². The molecule has 3 aromatic rings. The van der Waals surface area contributed by atoms with Crippen LogP contribution in [0.2, 0.25) is 0 Å². The highest BCUT2D eigenvalue weighted by molar-refractivity contribution is 5.96. The zero-order valence-electron chi connectivity index (χ0n) is 18.2. The smallest absolute Gasteiger partial charge is 0.324 e. The lowest BCUT2D eigenvalue weighted by Crippen LogP contribution is -2.52. The summed E-state index contributed by atoms with van der Waals surface area (Å²) in [6.45, 7) is 7.26. The van der Waals surface area contributed by atoms with Crippen LogP contribution in [0, 0.1) is 5.92 Å². The number of carbonyl (C=O) groups excluding carboxylic acids is 2. The third-order valence-electron chi connectivity index (χ3n) is 5.65. The van der Waals surface area contributed by atoms with Crippen LogP contribution in [0.25, 0.3) is 11.0 Å². The minimum absolute atomic E-state index is 0.142. The summed E-state index contributed by atoms with van der Waals surface area (Å²) < 4.78 is 2.05. The molecular formula is C24H29N5O2. The third kappa shape index (κ3) is 4.40. The van der Waals surface area contributed by atoms with Gasteiger partial charge >= 0.3 is 6.03 Å². The van der Waals surface area contributed by atoms with Gasteiger partial charge < -0.3 is 15.2 Å². The Morgan fingerprint density at radius 1 is 0.968 bits per heavy atom. The molecule has 1 aromatic heterocycles. The van der Waals surface area contributed by atoms with Crippen molar-refractivity contribution in [2.75, 3.05) is 11.4 Å². The van der Waals surface area contributed by atoms with E-state index in [-0.39, 0.29) is 23.9 Å². The lowest BCUT2D eigenvalue weighted by atomic mass is 10.0. The Morgan fingerprint density at radius 3 is 2.42 bits per heavy atom. The molecule has 1 unspecified atom stereocenters. The Morgan fingerprint density at radius 2 is 1.68 bits per heavy atom. The molecule has 0 bridgehead atoms. The summed E-state index contributed by atoms with van der Waals surface area (Å²) in [6.07, 6.45) is 0.559. The number of hydrogen-bond acceptors (Lipinski definition) is 3. The second-order valence-electron chi connectivity index (χ2n) is 8.48. The van der Waals surface area contributed by atoms with Gasteiger partial charge in [-0.2, -0.15) is 0 Å². The van der Waals surface area contributed by atoms with Crippen LogP contribution in [0.4, 0.5) is 10.7 Å². The fraction of sp³-hybridized carbons (Fsp3) is 0.375. The van der Waals surface area contributed by atoms with Crippen molar-refractivity contribution in [1.82, 2.24) is 20.2 Å². The molecule has 4 rings (SSSR count). The van der Waals surface area contributed by atoms with E-state index in [1.807, 2.05) is 79.9 Å². The van der Waals surface area contributed by atoms with Gasteiger partial charge in [-0.05, 0) is 37.0 Å². The van der Waals surface area contributed by atoms with Gasteiger partial charge in [0.05, 0.1) is 17.1 Å². The molecule has 1 aliphatic rings. The van der Waals surface area contributed by atoms with Crippen LogP contribution in [0.15, 0.2) is 54.6 Å². The van der Waals surface area contributed by atoms with Crippen molar-refractivity contribution in [2.45, 2.75) is 45.8 Å². The van der Waals surface area contributed by atoms with Gasteiger partial charge in [0.25, 0.3) is 0 Å². The van der Waals surface area contributed by atoms with E-state index in [1.165, 1.54) is 0 Å². The first kappa shape index (κ1) is 20.9. The summed E-state index contributed by atoms with van der Waals surface area (Å²) in [5, 5.41) is 6.00. The van der Waals surface area contributed by atoms with Crippen LogP contribution in [-0.4, -0.2) is 34.1 Å². The summed E-state index contributed by atoms with van der Waals surface area (Å²) in [5.41, 5.74) is 2.91. The maximum absolute atomic E-state index is 13.1. The average molecular weight is 420 g/mol. The molecule has 3 amide bonds. The van der Waals surface area contributed by atoms with E-state index in [4.69, 9.17) is 0 Å². The Bertz CT molecular complexity index is 1080. The predicted molar refractivity (Wildman–Crippen MR) is 122 cm³/mol. The molecule has 7 nitrogen and oxygen atoms in total. The summed E-state index contributed by atoms with van der Waals surface area (Å²) in [5.74, 6) is 0.706. The molecule has 0 spiro atoms. The molecule has 7 heteroatoms. The molecule has 0 saturated carbocycles.